The number of nitrogens with zero attached hydrogens (tertiary/aromatic N) is 3. The number of aryl methyl sites for hydroxylation is 1. The Kier molecular flexibility index (Phi) is 4.27. The van der Waals surface area contributed by atoms with Crippen LogP contribution in [0.1, 0.15) is 12.2 Å². The van der Waals surface area contributed by atoms with E-state index in [1.165, 1.54) is 22.8 Å². The molecule has 0 radical (unpaired) electrons. The molecule has 1 heterocycles. The largest absolute Gasteiger partial charge is 0.358 e. The van der Waals surface area contributed by atoms with Crippen LogP contribution in [-0.2, 0) is 11.3 Å². The molecule has 110 valence electrons. The number of hydrogen-bond donors (Lipinski definition) is 1. The second-order valence-electron chi connectivity index (χ2n) is 4.38. The molecule has 0 saturated carbocycles. The molecule has 0 spiro atoms. The zero-order valence-electron chi connectivity index (χ0n) is 11.2. The fourth-order valence-electron chi connectivity index (χ4n) is 1.88. The highest BCUT2D eigenvalue weighted by atomic mass is 19.1. The molecule has 2 rings (SSSR count). The van der Waals surface area contributed by atoms with Crippen LogP contribution in [0.4, 0.5) is 15.9 Å². The van der Waals surface area contributed by atoms with Gasteiger partial charge in [0.05, 0.1) is 6.42 Å². The number of carbonyl (C=O) groups excluding carboxylic acids is 1. The first kappa shape index (κ1) is 14.6. The van der Waals surface area contributed by atoms with Crippen LogP contribution < -0.4 is 5.32 Å². The number of amides is 1. The molecule has 1 amide bonds. The van der Waals surface area contributed by atoms with E-state index in [0.717, 1.165) is 6.20 Å². The summed E-state index contributed by atoms with van der Waals surface area (Å²) in [5.74, 6) is -0.511. The molecule has 1 N–H and O–H groups in total. The second-order valence-corrected chi connectivity index (χ2v) is 4.38. The number of anilines is 1. The number of hydrogen-bond acceptors (Lipinski definition) is 4. The molecule has 1 aromatic carbocycles. The first-order valence-corrected chi connectivity index (χ1v) is 6.19. The number of benzene rings is 1. The maximum absolute atomic E-state index is 13.0. The molecular formula is C13H13FN4O3. The van der Waals surface area contributed by atoms with Crippen LogP contribution in [0.25, 0.3) is 0 Å². The third-order valence-corrected chi connectivity index (χ3v) is 2.89. The molecule has 8 heteroatoms. The molecule has 21 heavy (non-hydrogen) atoms. The number of nitrogens with one attached hydrogen (secondary N) is 1. The van der Waals surface area contributed by atoms with Crippen molar-refractivity contribution in [1.29, 1.82) is 0 Å². The molecule has 0 unspecified atom stereocenters. The third-order valence-electron chi connectivity index (χ3n) is 2.89. The molecule has 0 aliphatic carbocycles. The highest BCUT2D eigenvalue weighted by Crippen LogP contribution is 2.15. The van der Waals surface area contributed by atoms with Gasteiger partial charge in [-0.25, -0.2) is 13.9 Å². The summed E-state index contributed by atoms with van der Waals surface area (Å²) in [6.45, 7) is 1.75. The molecule has 0 atom stereocenters. The molecule has 0 saturated heterocycles. The Morgan fingerprint density at radius 2 is 2.29 bits per heavy atom. The second kappa shape index (κ2) is 6.12. The van der Waals surface area contributed by atoms with Crippen LogP contribution >= 0.6 is 0 Å². The van der Waals surface area contributed by atoms with Crippen molar-refractivity contribution in [2.75, 3.05) is 5.32 Å². The number of rotatable bonds is 5. The standard InChI is InChI=1S/C13H13FN4O3/c1-9-15-8-13(18(20)21)17(9)6-5-12(19)16-11-4-2-3-10(14)7-11/h2-4,7-8H,5-6H2,1H3,(H,16,19). The fraction of sp³-hybridized carbons (Fsp3) is 0.231. The van der Waals surface area contributed by atoms with Crippen LogP contribution in [0.3, 0.4) is 0 Å². The van der Waals surface area contributed by atoms with Gasteiger partial charge in [-0.3, -0.25) is 4.79 Å². The molecular weight excluding hydrogens is 279 g/mol. The summed E-state index contributed by atoms with van der Waals surface area (Å²) in [5.41, 5.74) is 0.344. The fourth-order valence-corrected chi connectivity index (χ4v) is 1.88. The predicted octanol–water partition coefficient (Wildman–Crippen LogP) is 2.27. The van der Waals surface area contributed by atoms with Crippen LogP contribution in [0.5, 0.6) is 0 Å². The van der Waals surface area contributed by atoms with Crippen molar-refractivity contribution in [2.24, 2.45) is 0 Å². The summed E-state index contributed by atoms with van der Waals surface area (Å²) < 4.78 is 14.3. The van der Waals surface area contributed by atoms with E-state index in [9.17, 15) is 19.3 Å². The lowest BCUT2D eigenvalue weighted by Crippen LogP contribution is -2.16. The summed E-state index contributed by atoms with van der Waals surface area (Å²) in [6.07, 6.45) is 1.17. The average Bonchev–Trinajstić information content (AvgIpc) is 2.78. The van der Waals surface area contributed by atoms with Gasteiger partial charge in [0.15, 0.2) is 5.82 Å². The summed E-state index contributed by atoms with van der Waals surface area (Å²) in [7, 11) is 0. The van der Waals surface area contributed by atoms with E-state index in [0.29, 0.717) is 11.5 Å². The lowest BCUT2D eigenvalue weighted by atomic mass is 10.3. The molecule has 0 aliphatic heterocycles. The van der Waals surface area contributed by atoms with Crippen molar-refractivity contribution < 1.29 is 14.1 Å². The molecule has 0 fully saturated rings. The normalized spacial score (nSPS) is 10.4. The minimum Gasteiger partial charge on any atom is -0.358 e. The smallest absolute Gasteiger partial charge is 0.342 e. The Balaban J connectivity index is 1.99. The van der Waals surface area contributed by atoms with Gasteiger partial charge in [-0.15, -0.1) is 0 Å². The van der Waals surface area contributed by atoms with Gasteiger partial charge in [-0.1, -0.05) is 6.07 Å². The topological polar surface area (TPSA) is 90.1 Å². The monoisotopic (exact) mass is 292 g/mol. The quantitative estimate of drug-likeness (QED) is 0.676. The van der Waals surface area contributed by atoms with Crippen molar-refractivity contribution in [2.45, 2.75) is 19.9 Å². The number of halogens is 1. The van der Waals surface area contributed by atoms with Gasteiger partial charge in [0.1, 0.15) is 18.6 Å². The van der Waals surface area contributed by atoms with Gasteiger partial charge >= 0.3 is 5.82 Å². The summed E-state index contributed by atoms with van der Waals surface area (Å²) in [4.78, 5) is 25.9. The number of carbonyl (C=O) groups is 1. The minimum atomic E-state index is -0.551. The SMILES string of the molecule is Cc1ncc([N+](=O)[O-])n1CCC(=O)Nc1cccc(F)c1. The Hall–Kier alpha value is -2.77. The van der Waals surface area contributed by atoms with Gasteiger partial charge in [0.25, 0.3) is 0 Å². The van der Waals surface area contributed by atoms with Crippen LogP contribution in [-0.4, -0.2) is 20.4 Å². The zero-order chi connectivity index (χ0) is 15.4. The number of aromatic nitrogens is 2. The maximum atomic E-state index is 13.0. The van der Waals surface area contributed by atoms with E-state index in [1.54, 1.807) is 13.0 Å². The van der Waals surface area contributed by atoms with Crippen molar-refractivity contribution in [3.05, 3.63) is 52.2 Å². The van der Waals surface area contributed by atoms with Gasteiger partial charge in [-0.2, -0.15) is 0 Å². The molecule has 2 aromatic rings. The van der Waals surface area contributed by atoms with Crippen molar-refractivity contribution in [1.82, 2.24) is 9.55 Å². The third kappa shape index (κ3) is 3.62. The Morgan fingerprint density at radius 3 is 2.95 bits per heavy atom. The highest BCUT2D eigenvalue weighted by Gasteiger charge is 2.18. The van der Waals surface area contributed by atoms with Crippen molar-refractivity contribution in [3.63, 3.8) is 0 Å². The first-order chi connectivity index (χ1) is 9.97. The van der Waals surface area contributed by atoms with E-state index in [2.05, 4.69) is 10.3 Å². The number of imidazole rings is 1. The Morgan fingerprint density at radius 1 is 1.52 bits per heavy atom. The van der Waals surface area contributed by atoms with E-state index in [4.69, 9.17) is 0 Å². The van der Waals surface area contributed by atoms with Crippen LogP contribution in [0, 0.1) is 22.9 Å². The number of nitro groups is 1. The summed E-state index contributed by atoms with van der Waals surface area (Å²) >= 11 is 0. The van der Waals surface area contributed by atoms with Crippen molar-refractivity contribution >= 4 is 17.4 Å². The van der Waals surface area contributed by atoms with Gasteiger partial charge in [0.2, 0.25) is 5.91 Å². The van der Waals surface area contributed by atoms with E-state index in [-0.39, 0.29) is 24.7 Å². The lowest BCUT2D eigenvalue weighted by Gasteiger charge is -2.05. The van der Waals surface area contributed by atoms with E-state index in [1.807, 2.05) is 0 Å². The van der Waals surface area contributed by atoms with Crippen LogP contribution in [0.2, 0.25) is 0 Å². The van der Waals surface area contributed by atoms with Gasteiger partial charge in [-0.05, 0) is 23.1 Å². The van der Waals surface area contributed by atoms with Crippen LogP contribution in [0.15, 0.2) is 30.5 Å². The predicted molar refractivity (Wildman–Crippen MR) is 73.3 cm³/mol. The first-order valence-electron chi connectivity index (χ1n) is 6.19. The van der Waals surface area contributed by atoms with Crippen molar-refractivity contribution in [3.8, 4) is 0 Å². The molecule has 1 aromatic heterocycles. The minimum absolute atomic E-state index is 0.0224. The molecule has 0 aliphatic rings. The van der Waals surface area contributed by atoms with Gasteiger partial charge < -0.3 is 15.4 Å². The summed E-state index contributed by atoms with van der Waals surface area (Å²) in [6, 6.07) is 5.51. The highest BCUT2D eigenvalue weighted by molar-refractivity contribution is 5.90. The average molecular weight is 292 g/mol. The maximum Gasteiger partial charge on any atom is 0.342 e. The molecule has 0 bridgehead atoms. The van der Waals surface area contributed by atoms with E-state index >= 15 is 0 Å². The van der Waals surface area contributed by atoms with E-state index < -0.39 is 10.7 Å². The Bertz CT molecular complexity index is 684. The molecule has 7 nitrogen and oxygen atoms in total. The zero-order valence-corrected chi connectivity index (χ0v) is 11.2. The summed E-state index contributed by atoms with van der Waals surface area (Å²) in [5, 5.41) is 13.3. The Labute approximate surface area is 119 Å². The van der Waals surface area contributed by atoms with Gasteiger partial charge in [0, 0.05) is 12.6 Å². The lowest BCUT2D eigenvalue weighted by molar-refractivity contribution is -0.392.